The third-order valence-corrected chi connectivity index (χ3v) is 1.44. The minimum absolute atomic E-state index is 0.873. The number of unbranched alkanes of at least 4 members (excludes halogenated alkanes) is 3. The van der Waals surface area contributed by atoms with Crippen LogP contribution in [0.1, 0.15) is 46.5 Å². The van der Waals surface area contributed by atoms with Crippen LogP contribution in [-0.4, -0.2) is 0 Å². The van der Waals surface area contributed by atoms with Crippen molar-refractivity contribution in [2.75, 3.05) is 0 Å². The molecule has 0 aromatic carbocycles. The molecule has 0 fully saturated rings. The fourth-order valence-electron chi connectivity index (χ4n) is 0.800. The van der Waals surface area contributed by atoms with Crippen molar-refractivity contribution in [2.45, 2.75) is 46.5 Å². The third kappa shape index (κ3) is 8.00. The van der Waals surface area contributed by atoms with Gasteiger partial charge in [0, 0.05) is 0 Å². The zero-order valence-corrected chi connectivity index (χ0v) is 6.98. The van der Waals surface area contributed by atoms with Gasteiger partial charge in [-0.25, -0.2) is 0 Å². The highest BCUT2D eigenvalue weighted by molar-refractivity contribution is 4.63. The van der Waals surface area contributed by atoms with E-state index in [1.807, 2.05) is 0 Å². The summed E-state index contributed by atoms with van der Waals surface area (Å²) < 4.78 is 0. The van der Waals surface area contributed by atoms with Gasteiger partial charge < -0.3 is 0 Å². The number of hydrogen-bond donors (Lipinski definition) is 0. The highest BCUT2D eigenvalue weighted by Crippen LogP contribution is 2.07. The SMILES string of the molecule is CCC[CH]CCC(C)C. The van der Waals surface area contributed by atoms with Crippen molar-refractivity contribution in [3.05, 3.63) is 6.42 Å². The van der Waals surface area contributed by atoms with E-state index in [0.717, 1.165) is 5.92 Å². The van der Waals surface area contributed by atoms with E-state index in [0.29, 0.717) is 0 Å². The summed E-state index contributed by atoms with van der Waals surface area (Å²) in [6, 6.07) is 0. The Hall–Kier alpha value is 0. The van der Waals surface area contributed by atoms with E-state index >= 15 is 0 Å². The van der Waals surface area contributed by atoms with Gasteiger partial charge in [0.15, 0.2) is 0 Å². The lowest BCUT2D eigenvalue weighted by molar-refractivity contribution is 0.573. The van der Waals surface area contributed by atoms with Crippen LogP contribution in [0.3, 0.4) is 0 Å². The summed E-state index contributed by atoms with van der Waals surface area (Å²) in [7, 11) is 0. The number of rotatable bonds is 5. The second-order valence-corrected chi connectivity index (χ2v) is 3.05. The summed E-state index contributed by atoms with van der Waals surface area (Å²) in [6.45, 7) is 6.78. The summed E-state index contributed by atoms with van der Waals surface area (Å²) >= 11 is 0. The molecule has 0 aliphatic carbocycles. The topological polar surface area (TPSA) is 0 Å². The Morgan fingerprint density at radius 3 is 2.33 bits per heavy atom. The van der Waals surface area contributed by atoms with E-state index in [2.05, 4.69) is 27.2 Å². The van der Waals surface area contributed by atoms with Gasteiger partial charge in [-0.1, -0.05) is 40.0 Å². The lowest BCUT2D eigenvalue weighted by Gasteiger charge is -2.01. The minimum atomic E-state index is 0.873. The first-order chi connectivity index (χ1) is 4.27. The molecule has 0 aromatic heterocycles. The highest BCUT2D eigenvalue weighted by atomic mass is 14.0. The molecule has 0 aliphatic heterocycles. The van der Waals surface area contributed by atoms with Crippen molar-refractivity contribution in [3.8, 4) is 0 Å². The Kier molecular flexibility index (Phi) is 6.12. The van der Waals surface area contributed by atoms with Gasteiger partial charge in [0.1, 0.15) is 0 Å². The van der Waals surface area contributed by atoms with Crippen molar-refractivity contribution in [1.29, 1.82) is 0 Å². The first kappa shape index (κ1) is 9.00. The molecule has 55 valence electrons. The van der Waals surface area contributed by atoms with Crippen LogP contribution in [0.4, 0.5) is 0 Å². The zero-order chi connectivity index (χ0) is 7.11. The lowest BCUT2D eigenvalue weighted by atomic mass is 10.1. The molecule has 0 nitrogen and oxygen atoms in total. The Bertz CT molecular complexity index is 46.0. The van der Waals surface area contributed by atoms with Gasteiger partial charge in [-0.05, 0) is 18.8 Å². The van der Waals surface area contributed by atoms with E-state index in [1.165, 1.54) is 25.7 Å². The summed E-state index contributed by atoms with van der Waals surface area (Å²) in [5.74, 6) is 0.873. The molecule has 0 rings (SSSR count). The van der Waals surface area contributed by atoms with E-state index < -0.39 is 0 Å². The molecular weight excluding hydrogens is 108 g/mol. The van der Waals surface area contributed by atoms with Crippen molar-refractivity contribution in [1.82, 2.24) is 0 Å². The molecule has 0 N–H and O–H groups in total. The van der Waals surface area contributed by atoms with Crippen LogP contribution < -0.4 is 0 Å². The molecule has 0 saturated heterocycles. The average molecular weight is 127 g/mol. The van der Waals surface area contributed by atoms with Gasteiger partial charge in [-0.2, -0.15) is 0 Å². The molecule has 0 unspecified atom stereocenters. The van der Waals surface area contributed by atoms with Crippen molar-refractivity contribution < 1.29 is 0 Å². The van der Waals surface area contributed by atoms with Crippen LogP contribution in [-0.2, 0) is 0 Å². The second-order valence-electron chi connectivity index (χ2n) is 3.05. The first-order valence-electron chi connectivity index (χ1n) is 4.09. The van der Waals surface area contributed by atoms with E-state index in [4.69, 9.17) is 0 Å². The predicted octanol–water partition coefficient (Wildman–Crippen LogP) is 3.43. The van der Waals surface area contributed by atoms with Crippen molar-refractivity contribution in [2.24, 2.45) is 5.92 Å². The molecule has 0 atom stereocenters. The molecule has 0 saturated carbocycles. The fourth-order valence-corrected chi connectivity index (χ4v) is 0.800. The van der Waals surface area contributed by atoms with Crippen LogP contribution >= 0.6 is 0 Å². The monoisotopic (exact) mass is 127 g/mol. The largest absolute Gasteiger partial charge is 0.0654 e. The molecule has 0 heteroatoms. The van der Waals surface area contributed by atoms with Gasteiger partial charge in [-0.3, -0.25) is 0 Å². The Morgan fingerprint density at radius 1 is 1.22 bits per heavy atom. The van der Waals surface area contributed by atoms with Gasteiger partial charge in [0.25, 0.3) is 0 Å². The first-order valence-corrected chi connectivity index (χ1v) is 4.09. The number of hydrogen-bond acceptors (Lipinski definition) is 0. The fraction of sp³-hybridized carbons (Fsp3) is 0.889. The average Bonchev–Trinajstić information content (AvgIpc) is 1.80. The maximum absolute atomic E-state index is 2.40. The molecular formula is C9H19. The van der Waals surface area contributed by atoms with Crippen LogP contribution in [0.15, 0.2) is 0 Å². The summed E-state index contributed by atoms with van der Waals surface area (Å²) in [5.41, 5.74) is 0. The van der Waals surface area contributed by atoms with Gasteiger partial charge in [0.05, 0.1) is 0 Å². The summed E-state index contributed by atoms with van der Waals surface area (Å²) in [6.07, 6.45) is 7.68. The van der Waals surface area contributed by atoms with Crippen LogP contribution in [0.25, 0.3) is 0 Å². The zero-order valence-electron chi connectivity index (χ0n) is 6.98. The van der Waals surface area contributed by atoms with Crippen LogP contribution in [0, 0.1) is 12.3 Å². The molecule has 0 spiro atoms. The summed E-state index contributed by atoms with van der Waals surface area (Å²) in [5, 5.41) is 0. The predicted molar refractivity (Wildman–Crippen MR) is 43.3 cm³/mol. The molecule has 9 heavy (non-hydrogen) atoms. The van der Waals surface area contributed by atoms with Crippen LogP contribution in [0.5, 0.6) is 0 Å². The molecule has 0 bridgehead atoms. The Morgan fingerprint density at radius 2 is 1.89 bits per heavy atom. The van der Waals surface area contributed by atoms with E-state index in [1.54, 1.807) is 0 Å². The molecule has 0 heterocycles. The van der Waals surface area contributed by atoms with Crippen LogP contribution in [0.2, 0.25) is 0 Å². The lowest BCUT2D eigenvalue weighted by Crippen LogP contribution is -1.86. The molecule has 1 radical (unpaired) electrons. The summed E-state index contributed by atoms with van der Waals surface area (Å²) in [4.78, 5) is 0. The maximum Gasteiger partial charge on any atom is -0.0386 e. The smallest absolute Gasteiger partial charge is 0.0386 e. The normalized spacial score (nSPS) is 10.7. The van der Waals surface area contributed by atoms with Gasteiger partial charge in [-0.15, -0.1) is 0 Å². The molecule has 0 aliphatic rings. The highest BCUT2D eigenvalue weighted by Gasteiger charge is 1.92. The third-order valence-electron chi connectivity index (χ3n) is 1.44. The van der Waals surface area contributed by atoms with Crippen molar-refractivity contribution >= 4 is 0 Å². The van der Waals surface area contributed by atoms with E-state index in [-0.39, 0.29) is 0 Å². The molecule has 0 aromatic rings. The van der Waals surface area contributed by atoms with Gasteiger partial charge in [0.2, 0.25) is 0 Å². The Labute approximate surface area is 59.7 Å². The van der Waals surface area contributed by atoms with E-state index in [9.17, 15) is 0 Å². The van der Waals surface area contributed by atoms with Crippen molar-refractivity contribution in [3.63, 3.8) is 0 Å². The maximum atomic E-state index is 2.40. The Balaban J connectivity index is 2.75. The minimum Gasteiger partial charge on any atom is -0.0654 e. The standard InChI is InChI=1S/C9H19/c1-4-5-6-7-8-9(2)3/h6,9H,4-5,7-8H2,1-3H3. The quantitative estimate of drug-likeness (QED) is 0.496. The second kappa shape index (κ2) is 6.12. The molecule has 0 amide bonds. The van der Waals surface area contributed by atoms with Gasteiger partial charge >= 0.3 is 0 Å².